The van der Waals surface area contributed by atoms with Crippen molar-refractivity contribution >= 4 is 40.7 Å². The summed E-state index contributed by atoms with van der Waals surface area (Å²) in [6.07, 6.45) is 3.06. The summed E-state index contributed by atoms with van der Waals surface area (Å²) in [5.74, 6) is -1.28. The van der Waals surface area contributed by atoms with Crippen LogP contribution in [-0.2, 0) is 9.59 Å². The molecule has 0 aliphatic carbocycles. The highest BCUT2D eigenvalue weighted by Gasteiger charge is 2.47. The number of carbonyl (C=O) groups is 2. The molecule has 1 saturated heterocycles. The predicted octanol–water partition coefficient (Wildman–Crippen LogP) is 4.81. The summed E-state index contributed by atoms with van der Waals surface area (Å²) < 4.78 is 5.44. The Morgan fingerprint density at radius 1 is 1.23 bits per heavy atom. The van der Waals surface area contributed by atoms with Crippen LogP contribution >= 0.6 is 23.2 Å². The highest BCUT2D eigenvalue weighted by atomic mass is 35.5. The molecule has 1 aromatic heterocycles. The average molecular weight is 394 g/mol. The van der Waals surface area contributed by atoms with Crippen molar-refractivity contribution in [1.82, 2.24) is 4.90 Å². The number of aliphatic hydroxyl groups is 1. The van der Waals surface area contributed by atoms with E-state index in [9.17, 15) is 14.7 Å². The van der Waals surface area contributed by atoms with Gasteiger partial charge in [-0.3, -0.25) is 9.59 Å². The Bertz CT molecular complexity index is 874. The maximum absolute atomic E-state index is 12.6. The van der Waals surface area contributed by atoms with Crippen molar-refractivity contribution in [3.63, 3.8) is 0 Å². The zero-order valence-electron chi connectivity index (χ0n) is 14.0. The number of furan rings is 1. The van der Waals surface area contributed by atoms with Crippen molar-refractivity contribution in [3.8, 4) is 0 Å². The molecule has 1 aromatic carbocycles. The molecule has 1 N–H and O–H groups in total. The fourth-order valence-electron chi connectivity index (χ4n) is 2.98. The first-order valence-electron chi connectivity index (χ1n) is 8.23. The first-order chi connectivity index (χ1) is 12.5. The van der Waals surface area contributed by atoms with Gasteiger partial charge in [0.2, 0.25) is 0 Å². The van der Waals surface area contributed by atoms with Gasteiger partial charge in [-0.25, -0.2) is 0 Å². The number of halogens is 2. The third kappa shape index (κ3) is 3.24. The Balaban J connectivity index is 2.14. The van der Waals surface area contributed by atoms with Crippen molar-refractivity contribution < 1.29 is 19.1 Å². The predicted molar refractivity (Wildman–Crippen MR) is 99.1 cm³/mol. The van der Waals surface area contributed by atoms with E-state index in [-0.39, 0.29) is 16.4 Å². The van der Waals surface area contributed by atoms with Gasteiger partial charge in [-0.1, -0.05) is 36.5 Å². The van der Waals surface area contributed by atoms with Gasteiger partial charge in [-0.15, -0.1) is 0 Å². The van der Waals surface area contributed by atoms with Gasteiger partial charge < -0.3 is 14.4 Å². The molecule has 7 heteroatoms. The van der Waals surface area contributed by atoms with Gasteiger partial charge in [0.1, 0.15) is 17.6 Å². The highest BCUT2D eigenvalue weighted by Crippen LogP contribution is 2.40. The summed E-state index contributed by atoms with van der Waals surface area (Å²) in [6, 6.07) is 7.10. The Kier molecular flexibility index (Phi) is 5.39. The van der Waals surface area contributed by atoms with E-state index in [0.29, 0.717) is 22.9 Å². The third-order valence-electron chi connectivity index (χ3n) is 4.30. The molecule has 0 saturated carbocycles. The molecule has 5 nitrogen and oxygen atoms in total. The van der Waals surface area contributed by atoms with Crippen LogP contribution in [0.4, 0.5) is 0 Å². The van der Waals surface area contributed by atoms with Crippen LogP contribution in [0.25, 0.3) is 5.76 Å². The number of Topliss-reactive ketones (excluding diaryl/α,β-unsaturated/α-hetero) is 1. The third-order valence-corrected chi connectivity index (χ3v) is 5.04. The Labute approximate surface area is 160 Å². The summed E-state index contributed by atoms with van der Waals surface area (Å²) in [7, 11) is 0. The quantitative estimate of drug-likeness (QED) is 0.449. The van der Waals surface area contributed by atoms with Crippen LogP contribution in [0.2, 0.25) is 10.0 Å². The highest BCUT2D eigenvalue weighted by molar-refractivity contribution is 6.46. The molecule has 1 amide bonds. The number of hydrogen-bond donors (Lipinski definition) is 1. The average Bonchev–Trinajstić information content (AvgIpc) is 3.23. The first kappa shape index (κ1) is 18.5. The zero-order valence-corrected chi connectivity index (χ0v) is 15.5. The van der Waals surface area contributed by atoms with Gasteiger partial charge in [0.05, 0.1) is 21.9 Å². The number of likely N-dealkylation sites (tertiary alicyclic amines) is 1. The van der Waals surface area contributed by atoms with Crippen molar-refractivity contribution in [1.29, 1.82) is 0 Å². The van der Waals surface area contributed by atoms with Crippen molar-refractivity contribution in [2.45, 2.75) is 25.8 Å². The second kappa shape index (κ2) is 7.56. The van der Waals surface area contributed by atoms with Gasteiger partial charge in [-0.05, 0) is 36.8 Å². The minimum Gasteiger partial charge on any atom is -0.507 e. The second-order valence-corrected chi connectivity index (χ2v) is 6.80. The monoisotopic (exact) mass is 393 g/mol. The molecule has 1 atom stereocenters. The van der Waals surface area contributed by atoms with Crippen LogP contribution in [0.15, 0.2) is 46.6 Å². The zero-order chi connectivity index (χ0) is 18.8. The number of unbranched alkanes of at least 4 members (excludes halogenated alkanes) is 1. The number of nitrogens with zero attached hydrogens (tertiary/aromatic N) is 1. The van der Waals surface area contributed by atoms with Crippen LogP contribution in [-0.4, -0.2) is 28.2 Å². The summed E-state index contributed by atoms with van der Waals surface area (Å²) >= 11 is 11.9. The van der Waals surface area contributed by atoms with E-state index in [1.165, 1.54) is 23.3 Å². The van der Waals surface area contributed by atoms with Crippen molar-refractivity contribution in [2.24, 2.45) is 0 Å². The molecule has 1 aliphatic heterocycles. The summed E-state index contributed by atoms with van der Waals surface area (Å²) in [6.45, 7) is 2.39. The number of carbonyl (C=O) groups excluding carboxylic acids is 2. The maximum atomic E-state index is 12.6. The molecule has 26 heavy (non-hydrogen) atoms. The van der Waals surface area contributed by atoms with E-state index < -0.39 is 17.7 Å². The molecule has 0 spiro atoms. The lowest BCUT2D eigenvalue weighted by Gasteiger charge is -2.23. The molecule has 2 heterocycles. The van der Waals surface area contributed by atoms with Crippen molar-refractivity contribution in [2.75, 3.05) is 6.54 Å². The van der Waals surface area contributed by atoms with E-state index in [1.54, 1.807) is 18.2 Å². The van der Waals surface area contributed by atoms with E-state index in [1.807, 2.05) is 6.92 Å². The van der Waals surface area contributed by atoms with Gasteiger partial charge in [0.15, 0.2) is 0 Å². The van der Waals surface area contributed by atoms with E-state index >= 15 is 0 Å². The summed E-state index contributed by atoms with van der Waals surface area (Å²) in [4.78, 5) is 26.6. The van der Waals surface area contributed by atoms with Gasteiger partial charge >= 0.3 is 0 Å². The van der Waals surface area contributed by atoms with Crippen LogP contribution in [0, 0.1) is 0 Å². The molecule has 2 aromatic rings. The Morgan fingerprint density at radius 2 is 2.00 bits per heavy atom. The molecule has 1 fully saturated rings. The normalized spacial score (nSPS) is 19.3. The topological polar surface area (TPSA) is 70.8 Å². The number of rotatable bonds is 5. The number of hydrogen-bond acceptors (Lipinski definition) is 4. The Morgan fingerprint density at radius 3 is 2.62 bits per heavy atom. The molecule has 1 aliphatic rings. The van der Waals surface area contributed by atoms with Crippen LogP contribution in [0.3, 0.4) is 0 Å². The lowest BCUT2D eigenvalue weighted by molar-refractivity contribution is -0.140. The Hall–Kier alpha value is -2.24. The maximum Gasteiger partial charge on any atom is 0.295 e. The first-order valence-corrected chi connectivity index (χ1v) is 8.98. The minimum absolute atomic E-state index is 0.0144. The molecule has 1 unspecified atom stereocenters. The largest absolute Gasteiger partial charge is 0.507 e. The van der Waals surface area contributed by atoms with Crippen molar-refractivity contribution in [3.05, 3.63) is 63.5 Å². The standard InChI is InChI=1S/C19H17Cl2NO4/c1-2-3-8-22-16(14-5-4-9-26-14)15(18(24)19(22)25)17(23)11-6-7-12(20)13(21)10-11/h4-7,9-10,16,23H,2-3,8H2,1H3/b17-15-. The number of ketones is 1. The summed E-state index contributed by atoms with van der Waals surface area (Å²) in [5, 5.41) is 11.3. The molecular weight excluding hydrogens is 377 g/mol. The molecule has 136 valence electrons. The minimum atomic E-state index is -0.772. The molecule has 0 radical (unpaired) electrons. The number of amides is 1. The molecule has 0 bridgehead atoms. The second-order valence-electron chi connectivity index (χ2n) is 5.99. The van der Waals surface area contributed by atoms with Gasteiger partial charge in [0, 0.05) is 12.1 Å². The number of aliphatic hydroxyl groups excluding tert-OH is 1. The summed E-state index contributed by atoms with van der Waals surface area (Å²) in [5.41, 5.74) is 0.295. The van der Waals surface area contributed by atoms with E-state index in [2.05, 4.69) is 0 Å². The van der Waals surface area contributed by atoms with E-state index in [4.69, 9.17) is 27.6 Å². The van der Waals surface area contributed by atoms with Crippen LogP contribution < -0.4 is 0 Å². The lowest BCUT2D eigenvalue weighted by atomic mass is 9.99. The van der Waals surface area contributed by atoms with Gasteiger partial charge in [0.25, 0.3) is 11.7 Å². The lowest BCUT2D eigenvalue weighted by Crippen LogP contribution is -2.30. The smallest absolute Gasteiger partial charge is 0.295 e. The molecule has 3 rings (SSSR count). The van der Waals surface area contributed by atoms with Crippen LogP contribution in [0.5, 0.6) is 0 Å². The fourth-order valence-corrected chi connectivity index (χ4v) is 3.28. The van der Waals surface area contributed by atoms with Crippen LogP contribution in [0.1, 0.15) is 37.1 Å². The SMILES string of the molecule is CCCCN1C(=O)C(=O)/C(=C(\O)c2ccc(Cl)c(Cl)c2)C1c1ccco1. The number of benzene rings is 1. The fraction of sp³-hybridized carbons (Fsp3) is 0.263. The van der Waals surface area contributed by atoms with E-state index in [0.717, 1.165) is 12.8 Å². The van der Waals surface area contributed by atoms with Gasteiger partial charge in [-0.2, -0.15) is 0 Å². The molecular formula is C19H17Cl2NO4.